The number of nitrogens with zero attached hydrogens (tertiary/aromatic N) is 1. The number of aryl methyl sites for hydroxylation is 1. The molecule has 1 aromatic heterocycles. The van der Waals surface area contributed by atoms with Crippen LogP contribution in [0.2, 0.25) is 0 Å². The SMILES string of the molecule is COc1ccc(C#Cc2ccc3nc(-c4cccc(C)c4)ccc3c2)cc1. The van der Waals surface area contributed by atoms with Crippen LogP contribution in [-0.2, 0) is 0 Å². The second-order valence-corrected chi connectivity index (χ2v) is 6.45. The number of aromatic nitrogens is 1. The lowest BCUT2D eigenvalue weighted by Crippen LogP contribution is -1.87. The standard InChI is InChI=1S/C25H19NO/c1-18-4-3-5-21(16-18)25-15-11-22-17-20(10-14-24(22)26-25)7-6-19-8-12-23(27-2)13-9-19/h3-5,8-17H,1-2H3. The van der Waals surface area contributed by atoms with Crippen molar-refractivity contribution in [3.63, 3.8) is 0 Å². The number of benzene rings is 3. The highest BCUT2D eigenvalue weighted by molar-refractivity contribution is 5.83. The zero-order chi connectivity index (χ0) is 18.6. The molecule has 27 heavy (non-hydrogen) atoms. The third-order valence-electron chi connectivity index (χ3n) is 4.44. The van der Waals surface area contributed by atoms with Gasteiger partial charge in [-0.1, -0.05) is 41.7 Å². The van der Waals surface area contributed by atoms with E-state index < -0.39 is 0 Å². The molecule has 0 unspecified atom stereocenters. The molecule has 2 nitrogen and oxygen atoms in total. The number of hydrogen-bond donors (Lipinski definition) is 0. The van der Waals surface area contributed by atoms with Gasteiger partial charge in [-0.25, -0.2) is 4.98 Å². The molecule has 0 atom stereocenters. The third-order valence-corrected chi connectivity index (χ3v) is 4.44. The minimum atomic E-state index is 0.835. The topological polar surface area (TPSA) is 22.1 Å². The highest BCUT2D eigenvalue weighted by atomic mass is 16.5. The van der Waals surface area contributed by atoms with Crippen molar-refractivity contribution in [1.82, 2.24) is 4.98 Å². The van der Waals surface area contributed by atoms with E-state index in [0.717, 1.165) is 39.0 Å². The van der Waals surface area contributed by atoms with Crippen LogP contribution in [0.4, 0.5) is 0 Å². The average Bonchev–Trinajstić information content (AvgIpc) is 2.72. The first-order valence-electron chi connectivity index (χ1n) is 8.85. The molecule has 3 aromatic carbocycles. The van der Waals surface area contributed by atoms with Crippen LogP contribution in [0.25, 0.3) is 22.2 Å². The van der Waals surface area contributed by atoms with Crippen molar-refractivity contribution in [3.05, 3.63) is 95.6 Å². The van der Waals surface area contributed by atoms with Crippen LogP contribution in [0.3, 0.4) is 0 Å². The molecule has 0 saturated carbocycles. The largest absolute Gasteiger partial charge is 0.497 e. The molecule has 0 spiro atoms. The van der Waals surface area contributed by atoms with Gasteiger partial charge < -0.3 is 4.74 Å². The summed E-state index contributed by atoms with van der Waals surface area (Å²) in [7, 11) is 1.66. The predicted molar refractivity (Wildman–Crippen MR) is 111 cm³/mol. The summed E-state index contributed by atoms with van der Waals surface area (Å²) in [4.78, 5) is 4.80. The van der Waals surface area contributed by atoms with E-state index in [9.17, 15) is 0 Å². The number of methoxy groups -OCH3 is 1. The molecule has 0 N–H and O–H groups in total. The van der Waals surface area contributed by atoms with Gasteiger partial charge in [0.15, 0.2) is 0 Å². The monoisotopic (exact) mass is 349 g/mol. The van der Waals surface area contributed by atoms with Gasteiger partial charge in [-0.3, -0.25) is 0 Å². The Morgan fingerprint density at radius 3 is 2.33 bits per heavy atom. The summed E-state index contributed by atoms with van der Waals surface area (Å²) in [6, 6.07) is 26.5. The van der Waals surface area contributed by atoms with E-state index in [1.807, 2.05) is 36.4 Å². The Balaban J connectivity index is 1.63. The van der Waals surface area contributed by atoms with Crippen LogP contribution in [0, 0.1) is 18.8 Å². The van der Waals surface area contributed by atoms with Crippen molar-refractivity contribution in [2.24, 2.45) is 0 Å². The van der Waals surface area contributed by atoms with Crippen LogP contribution < -0.4 is 4.74 Å². The molecular weight excluding hydrogens is 330 g/mol. The molecule has 1 heterocycles. The van der Waals surface area contributed by atoms with Crippen LogP contribution >= 0.6 is 0 Å². The summed E-state index contributed by atoms with van der Waals surface area (Å²) < 4.78 is 5.17. The van der Waals surface area contributed by atoms with Crippen molar-refractivity contribution < 1.29 is 4.74 Å². The second-order valence-electron chi connectivity index (χ2n) is 6.45. The Morgan fingerprint density at radius 1 is 0.778 bits per heavy atom. The molecule has 0 aliphatic carbocycles. The zero-order valence-electron chi connectivity index (χ0n) is 15.4. The molecule has 0 aliphatic heterocycles. The first-order chi connectivity index (χ1) is 13.2. The Morgan fingerprint density at radius 2 is 1.56 bits per heavy atom. The smallest absolute Gasteiger partial charge is 0.118 e. The first kappa shape index (κ1) is 16.9. The summed E-state index contributed by atoms with van der Waals surface area (Å²) in [6.45, 7) is 2.10. The van der Waals surface area contributed by atoms with Gasteiger partial charge in [-0.2, -0.15) is 0 Å². The molecule has 4 rings (SSSR count). The van der Waals surface area contributed by atoms with E-state index in [2.05, 4.69) is 61.2 Å². The molecule has 4 aromatic rings. The molecule has 0 fully saturated rings. The fourth-order valence-corrected chi connectivity index (χ4v) is 2.99. The number of rotatable bonds is 2. The van der Waals surface area contributed by atoms with Gasteiger partial charge in [0, 0.05) is 22.1 Å². The third kappa shape index (κ3) is 3.83. The molecular formula is C25H19NO. The Bertz CT molecular complexity index is 1160. The van der Waals surface area contributed by atoms with Crippen molar-refractivity contribution in [2.45, 2.75) is 6.92 Å². The van der Waals surface area contributed by atoms with Crippen LogP contribution in [0.1, 0.15) is 16.7 Å². The van der Waals surface area contributed by atoms with Crippen LogP contribution in [0.15, 0.2) is 78.9 Å². The minimum absolute atomic E-state index is 0.835. The summed E-state index contributed by atoms with van der Waals surface area (Å²) in [5.74, 6) is 7.26. The van der Waals surface area contributed by atoms with Gasteiger partial charge in [0.1, 0.15) is 5.75 Å². The van der Waals surface area contributed by atoms with Gasteiger partial charge in [0.2, 0.25) is 0 Å². The highest BCUT2D eigenvalue weighted by Gasteiger charge is 2.02. The van der Waals surface area contributed by atoms with E-state index in [1.165, 1.54) is 5.56 Å². The fourth-order valence-electron chi connectivity index (χ4n) is 2.99. The number of hydrogen-bond acceptors (Lipinski definition) is 2. The molecule has 0 amide bonds. The number of ether oxygens (including phenoxy) is 1. The molecule has 0 radical (unpaired) electrons. The molecule has 130 valence electrons. The van der Waals surface area contributed by atoms with Crippen molar-refractivity contribution in [3.8, 4) is 28.8 Å². The Labute approximate surface area is 159 Å². The van der Waals surface area contributed by atoms with Gasteiger partial charge in [0.25, 0.3) is 0 Å². The maximum atomic E-state index is 5.17. The number of pyridine rings is 1. The molecule has 2 heteroatoms. The highest BCUT2D eigenvalue weighted by Crippen LogP contribution is 2.22. The van der Waals surface area contributed by atoms with E-state index >= 15 is 0 Å². The van der Waals surface area contributed by atoms with Gasteiger partial charge in [-0.05, 0) is 61.5 Å². The maximum Gasteiger partial charge on any atom is 0.118 e. The van der Waals surface area contributed by atoms with E-state index in [-0.39, 0.29) is 0 Å². The lowest BCUT2D eigenvalue weighted by molar-refractivity contribution is 0.415. The predicted octanol–water partition coefficient (Wildman–Crippen LogP) is 5.62. The molecule has 0 aliphatic rings. The average molecular weight is 349 g/mol. The lowest BCUT2D eigenvalue weighted by atomic mass is 10.1. The fraction of sp³-hybridized carbons (Fsp3) is 0.0800. The van der Waals surface area contributed by atoms with Crippen molar-refractivity contribution in [2.75, 3.05) is 7.11 Å². The lowest BCUT2D eigenvalue weighted by Gasteiger charge is -2.05. The quantitative estimate of drug-likeness (QED) is 0.438. The summed E-state index contributed by atoms with van der Waals surface area (Å²) in [6.07, 6.45) is 0. The zero-order valence-corrected chi connectivity index (χ0v) is 15.4. The Hall–Kier alpha value is -3.57. The van der Waals surface area contributed by atoms with Crippen LogP contribution in [0.5, 0.6) is 5.75 Å². The van der Waals surface area contributed by atoms with Gasteiger partial charge in [-0.15, -0.1) is 0 Å². The molecule has 0 saturated heterocycles. The summed E-state index contributed by atoms with van der Waals surface area (Å²) in [5.41, 5.74) is 6.28. The second kappa shape index (κ2) is 7.35. The van der Waals surface area contributed by atoms with Crippen LogP contribution in [-0.4, -0.2) is 12.1 Å². The number of fused-ring (bicyclic) bond motifs is 1. The summed E-state index contributed by atoms with van der Waals surface area (Å²) in [5, 5.41) is 1.09. The Kier molecular flexibility index (Phi) is 4.60. The van der Waals surface area contributed by atoms with E-state index in [0.29, 0.717) is 0 Å². The van der Waals surface area contributed by atoms with Crippen molar-refractivity contribution in [1.29, 1.82) is 0 Å². The normalized spacial score (nSPS) is 10.3. The van der Waals surface area contributed by atoms with E-state index in [1.54, 1.807) is 7.11 Å². The summed E-state index contributed by atoms with van der Waals surface area (Å²) >= 11 is 0. The van der Waals surface area contributed by atoms with Crippen molar-refractivity contribution >= 4 is 10.9 Å². The minimum Gasteiger partial charge on any atom is -0.497 e. The van der Waals surface area contributed by atoms with Gasteiger partial charge in [0.05, 0.1) is 18.3 Å². The van der Waals surface area contributed by atoms with Gasteiger partial charge >= 0.3 is 0 Å². The van der Waals surface area contributed by atoms with E-state index in [4.69, 9.17) is 9.72 Å². The first-order valence-corrected chi connectivity index (χ1v) is 8.85. The molecule has 0 bridgehead atoms. The maximum absolute atomic E-state index is 5.17.